The first-order valence-electron chi connectivity index (χ1n) is 6.48. The van der Waals surface area contributed by atoms with Crippen LogP contribution in [0.25, 0.3) is 0 Å². The molecule has 1 rings (SSSR count). The minimum Gasteiger partial charge on any atom is -0.370 e. The average Bonchev–Trinajstić information content (AvgIpc) is 2.39. The van der Waals surface area contributed by atoms with Crippen LogP contribution in [0.15, 0.2) is 35.3 Å². The third-order valence-corrected chi connectivity index (χ3v) is 2.87. The summed E-state index contributed by atoms with van der Waals surface area (Å²) in [5, 5.41) is 3.13. The van der Waals surface area contributed by atoms with Crippen LogP contribution in [0.5, 0.6) is 0 Å². The van der Waals surface area contributed by atoms with Gasteiger partial charge in [-0.3, -0.25) is 4.99 Å². The number of likely N-dealkylation sites (N-methyl/N-ethyl adjacent to an activating group) is 1. The molecule has 0 bridgehead atoms. The van der Waals surface area contributed by atoms with Crippen LogP contribution in [0.2, 0.25) is 0 Å². The van der Waals surface area contributed by atoms with Gasteiger partial charge in [0.15, 0.2) is 5.96 Å². The molecule has 1 aromatic carbocycles. The third-order valence-electron chi connectivity index (χ3n) is 2.87. The Hall–Kier alpha value is -1.55. The van der Waals surface area contributed by atoms with Crippen LogP contribution in [0.4, 0.5) is 0 Å². The molecular weight excluding hydrogens is 224 g/mol. The highest BCUT2D eigenvalue weighted by molar-refractivity contribution is 5.77. The van der Waals surface area contributed by atoms with Crippen molar-refractivity contribution in [3.63, 3.8) is 0 Å². The topological polar surface area (TPSA) is 53.6 Å². The second-order valence-corrected chi connectivity index (χ2v) is 4.33. The van der Waals surface area contributed by atoms with E-state index in [9.17, 15) is 0 Å². The lowest BCUT2D eigenvalue weighted by Crippen LogP contribution is -2.34. The highest BCUT2D eigenvalue weighted by Gasteiger charge is 1.95. The van der Waals surface area contributed by atoms with Crippen molar-refractivity contribution in [2.24, 2.45) is 10.7 Å². The molecule has 0 aromatic heterocycles. The zero-order valence-electron chi connectivity index (χ0n) is 11.4. The Kier molecular flexibility index (Phi) is 6.87. The van der Waals surface area contributed by atoms with E-state index in [1.807, 2.05) is 18.2 Å². The van der Waals surface area contributed by atoms with E-state index >= 15 is 0 Å². The molecule has 0 saturated heterocycles. The zero-order chi connectivity index (χ0) is 13.2. The van der Waals surface area contributed by atoms with Gasteiger partial charge in [0, 0.05) is 13.1 Å². The molecule has 0 aliphatic carbocycles. The van der Waals surface area contributed by atoms with Gasteiger partial charge < -0.3 is 16.0 Å². The highest BCUT2D eigenvalue weighted by atomic mass is 15.1. The minimum absolute atomic E-state index is 0.537. The van der Waals surface area contributed by atoms with E-state index in [0.717, 1.165) is 32.6 Å². The Morgan fingerprint density at radius 1 is 1.33 bits per heavy atom. The highest BCUT2D eigenvalue weighted by Crippen LogP contribution is 1.97. The van der Waals surface area contributed by atoms with Crippen LogP contribution < -0.4 is 11.1 Å². The minimum atomic E-state index is 0.537. The summed E-state index contributed by atoms with van der Waals surface area (Å²) in [5.74, 6) is 0.537. The molecule has 0 amide bonds. The van der Waals surface area contributed by atoms with Gasteiger partial charge in [0.25, 0.3) is 0 Å². The standard InChI is InChI=1S/C14H24N4/c1-3-18(2)12-11-17-14(15)16-10-9-13-7-5-4-6-8-13/h4-8H,3,9-12H2,1-2H3,(H3,15,16,17). The van der Waals surface area contributed by atoms with E-state index in [1.54, 1.807) is 0 Å². The quantitative estimate of drug-likeness (QED) is 0.561. The average molecular weight is 248 g/mol. The fraction of sp³-hybridized carbons (Fsp3) is 0.500. The second-order valence-electron chi connectivity index (χ2n) is 4.33. The van der Waals surface area contributed by atoms with Crippen molar-refractivity contribution >= 4 is 5.96 Å². The normalized spacial score (nSPS) is 11.8. The monoisotopic (exact) mass is 248 g/mol. The maximum atomic E-state index is 5.79. The number of hydrogen-bond donors (Lipinski definition) is 2. The van der Waals surface area contributed by atoms with Crippen molar-refractivity contribution in [2.75, 3.05) is 33.2 Å². The molecule has 1 aromatic rings. The molecular formula is C14H24N4. The zero-order valence-corrected chi connectivity index (χ0v) is 11.4. The van der Waals surface area contributed by atoms with Crippen LogP contribution in [-0.4, -0.2) is 44.1 Å². The van der Waals surface area contributed by atoms with E-state index in [1.165, 1.54) is 5.56 Å². The van der Waals surface area contributed by atoms with Gasteiger partial charge in [-0.05, 0) is 25.6 Å². The molecule has 100 valence electrons. The van der Waals surface area contributed by atoms with Crippen LogP contribution >= 0.6 is 0 Å². The molecule has 0 aliphatic heterocycles. The molecule has 0 spiro atoms. The van der Waals surface area contributed by atoms with Crippen molar-refractivity contribution in [3.8, 4) is 0 Å². The van der Waals surface area contributed by atoms with Gasteiger partial charge >= 0.3 is 0 Å². The lowest BCUT2D eigenvalue weighted by atomic mass is 10.1. The lowest BCUT2D eigenvalue weighted by molar-refractivity contribution is 0.363. The van der Waals surface area contributed by atoms with Crippen molar-refractivity contribution in [1.82, 2.24) is 10.2 Å². The molecule has 0 saturated carbocycles. The maximum absolute atomic E-state index is 5.79. The fourth-order valence-electron chi connectivity index (χ4n) is 1.53. The van der Waals surface area contributed by atoms with Crippen LogP contribution in [0, 0.1) is 0 Å². The molecule has 0 aliphatic rings. The Morgan fingerprint density at radius 2 is 2.06 bits per heavy atom. The van der Waals surface area contributed by atoms with E-state index in [2.05, 4.69) is 41.3 Å². The van der Waals surface area contributed by atoms with Gasteiger partial charge in [-0.1, -0.05) is 37.3 Å². The van der Waals surface area contributed by atoms with Crippen LogP contribution in [0.3, 0.4) is 0 Å². The molecule has 0 radical (unpaired) electrons. The van der Waals surface area contributed by atoms with E-state index in [4.69, 9.17) is 5.73 Å². The molecule has 0 unspecified atom stereocenters. The largest absolute Gasteiger partial charge is 0.370 e. The van der Waals surface area contributed by atoms with Crippen molar-refractivity contribution < 1.29 is 0 Å². The van der Waals surface area contributed by atoms with Gasteiger partial charge in [-0.25, -0.2) is 0 Å². The summed E-state index contributed by atoms with van der Waals surface area (Å²) in [5.41, 5.74) is 7.09. The molecule has 0 atom stereocenters. The van der Waals surface area contributed by atoms with Gasteiger partial charge in [0.2, 0.25) is 0 Å². The summed E-state index contributed by atoms with van der Waals surface area (Å²) in [6.45, 7) is 5.68. The Balaban J connectivity index is 2.16. The van der Waals surface area contributed by atoms with Crippen LogP contribution in [-0.2, 0) is 6.42 Å². The summed E-state index contributed by atoms with van der Waals surface area (Å²) >= 11 is 0. The predicted octanol–water partition coefficient (Wildman–Crippen LogP) is 1.09. The number of aliphatic imine (C=N–C) groups is 1. The summed E-state index contributed by atoms with van der Waals surface area (Å²) in [4.78, 5) is 6.49. The van der Waals surface area contributed by atoms with E-state index in [0.29, 0.717) is 5.96 Å². The summed E-state index contributed by atoms with van der Waals surface area (Å²) in [7, 11) is 2.08. The van der Waals surface area contributed by atoms with E-state index in [-0.39, 0.29) is 0 Å². The Labute approximate surface area is 110 Å². The first-order valence-corrected chi connectivity index (χ1v) is 6.48. The SMILES string of the molecule is CCN(C)CCN=C(N)NCCc1ccccc1. The summed E-state index contributed by atoms with van der Waals surface area (Å²) in [6, 6.07) is 10.4. The number of guanidine groups is 1. The number of nitrogens with two attached hydrogens (primary N) is 1. The van der Waals surface area contributed by atoms with E-state index < -0.39 is 0 Å². The first-order chi connectivity index (χ1) is 8.72. The molecule has 4 heteroatoms. The Bertz CT molecular complexity index is 348. The smallest absolute Gasteiger partial charge is 0.188 e. The molecule has 0 heterocycles. The molecule has 0 fully saturated rings. The van der Waals surface area contributed by atoms with Gasteiger partial charge in [-0.2, -0.15) is 0 Å². The van der Waals surface area contributed by atoms with Gasteiger partial charge in [0.1, 0.15) is 0 Å². The maximum Gasteiger partial charge on any atom is 0.188 e. The summed E-state index contributed by atoms with van der Waals surface area (Å²) in [6.07, 6.45) is 0.964. The van der Waals surface area contributed by atoms with Gasteiger partial charge in [-0.15, -0.1) is 0 Å². The number of rotatable bonds is 7. The second kappa shape index (κ2) is 8.53. The fourth-order valence-corrected chi connectivity index (χ4v) is 1.53. The third kappa shape index (κ3) is 6.25. The van der Waals surface area contributed by atoms with Gasteiger partial charge in [0.05, 0.1) is 6.54 Å². The van der Waals surface area contributed by atoms with Crippen molar-refractivity contribution in [3.05, 3.63) is 35.9 Å². The predicted molar refractivity (Wildman–Crippen MR) is 77.8 cm³/mol. The van der Waals surface area contributed by atoms with Crippen molar-refractivity contribution in [1.29, 1.82) is 0 Å². The van der Waals surface area contributed by atoms with Crippen LogP contribution in [0.1, 0.15) is 12.5 Å². The summed E-state index contributed by atoms with van der Waals surface area (Å²) < 4.78 is 0. The lowest BCUT2D eigenvalue weighted by Gasteiger charge is -2.11. The number of nitrogens with one attached hydrogen (secondary N) is 1. The number of nitrogens with zero attached hydrogens (tertiary/aromatic N) is 2. The molecule has 3 N–H and O–H groups in total. The molecule has 18 heavy (non-hydrogen) atoms. The van der Waals surface area contributed by atoms with Crippen molar-refractivity contribution in [2.45, 2.75) is 13.3 Å². The Morgan fingerprint density at radius 3 is 2.72 bits per heavy atom. The number of benzene rings is 1. The molecule has 4 nitrogen and oxygen atoms in total. The first kappa shape index (κ1) is 14.5. The number of hydrogen-bond acceptors (Lipinski definition) is 2.